The molecular formula is C6H14N6. The molecule has 1 aromatic rings. The van der Waals surface area contributed by atoms with E-state index >= 15 is 0 Å². The Morgan fingerprint density at radius 3 is 2.75 bits per heavy atom. The summed E-state index contributed by atoms with van der Waals surface area (Å²) in [5, 5.41) is 8.94. The number of rotatable bonds is 4. The second-order valence-corrected chi connectivity index (χ2v) is 2.81. The van der Waals surface area contributed by atoms with Crippen molar-refractivity contribution in [2.75, 3.05) is 32.2 Å². The molecule has 12 heavy (non-hydrogen) atoms. The molecule has 0 fully saturated rings. The van der Waals surface area contributed by atoms with Crippen LogP contribution in [0.2, 0.25) is 0 Å². The molecule has 0 aliphatic carbocycles. The van der Waals surface area contributed by atoms with Crippen molar-refractivity contribution >= 4 is 5.95 Å². The van der Waals surface area contributed by atoms with Gasteiger partial charge in [0.1, 0.15) is 6.33 Å². The number of nitrogens with one attached hydrogen (secondary N) is 1. The standard InChI is InChI=1S/C6H14N6/c1-11(2)3-4-12(7)6-8-5-9-10-6/h5H,3-4,7H2,1-2H3,(H,8,9,10). The number of hydrogen-bond acceptors (Lipinski definition) is 5. The van der Waals surface area contributed by atoms with Crippen LogP contribution in [-0.4, -0.2) is 47.3 Å². The fourth-order valence-corrected chi connectivity index (χ4v) is 0.753. The molecule has 1 heterocycles. The molecule has 6 nitrogen and oxygen atoms in total. The molecule has 0 aliphatic rings. The molecule has 3 N–H and O–H groups in total. The quantitative estimate of drug-likeness (QED) is 0.450. The number of hydrogen-bond donors (Lipinski definition) is 2. The van der Waals surface area contributed by atoms with E-state index in [1.54, 1.807) is 0 Å². The molecule has 68 valence electrons. The molecule has 0 amide bonds. The van der Waals surface area contributed by atoms with Crippen molar-refractivity contribution in [2.24, 2.45) is 5.84 Å². The van der Waals surface area contributed by atoms with E-state index in [4.69, 9.17) is 5.84 Å². The molecule has 0 spiro atoms. The molecule has 0 aliphatic heterocycles. The second-order valence-electron chi connectivity index (χ2n) is 2.81. The third kappa shape index (κ3) is 2.48. The molecule has 0 aromatic carbocycles. The first-order valence-corrected chi connectivity index (χ1v) is 3.73. The third-order valence-corrected chi connectivity index (χ3v) is 1.46. The van der Waals surface area contributed by atoms with E-state index in [-0.39, 0.29) is 0 Å². The molecule has 0 unspecified atom stereocenters. The van der Waals surface area contributed by atoms with Crippen LogP contribution in [0.1, 0.15) is 0 Å². The Kier molecular flexibility index (Phi) is 3.01. The SMILES string of the molecule is CN(C)CCN(N)c1nnc[nH]1. The van der Waals surface area contributed by atoms with E-state index in [0.717, 1.165) is 13.1 Å². The Morgan fingerprint density at radius 1 is 1.50 bits per heavy atom. The zero-order valence-electron chi connectivity index (χ0n) is 7.36. The molecule has 0 radical (unpaired) electrons. The van der Waals surface area contributed by atoms with Crippen LogP contribution in [0.4, 0.5) is 5.95 Å². The van der Waals surface area contributed by atoms with Gasteiger partial charge in [0.2, 0.25) is 5.95 Å². The van der Waals surface area contributed by atoms with Crippen LogP contribution in [0.5, 0.6) is 0 Å². The van der Waals surface area contributed by atoms with Crippen LogP contribution in [-0.2, 0) is 0 Å². The summed E-state index contributed by atoms with van der Waals surface area (Å²) in [6.07, 6.45) is 1.50. The Hall–Kier alpha value is -1.14. The van der Waals surface area contributed by atoms with E-state index in [0.29, 0.717) is 5.95 Å². The van der Waals surface area contributed by atoms with Gasteiger partial charge in [-0.2, -0.15) is 0 Å². The van der Waals surface area contributed by atoms with Gasteiger partial charge >= 0.3 is 0 Å². The van der Waals surface area contributed by atoms with E-state index in [2.05, 4.69) is 20.1 Å². The van der Waals surface area contributed by atoms with Gasteiger partial charge in [-0.05, 0) is 14.1 Å². The minimum absolute atomic E-state index is 0.594. The van der Waals surface area contributed by atoms with Crippen LogP contribution in [0, 0.1) is 0 Å². The number of aromatic amines is 1. The number of nitrogens with zero attached hydrogens (tertiary/aromatic N) is 4. The third-order valence-electron chi connectivity index (χ3n) is 1.46. The summed E-state index contributed by atoms with van der Waals surface area (Å²) in [6.45, 7) is 1.61. The fraction of sp³-hybridized carbons (Fsp3) is 0.667. The summed E-state index contributed by atoms with van der Waals surface area (Å²) >= 11 is 0. The maximum atomic E-state index is 5.66. The molecule has 0 saturated heterocycles. The van der Waals surface area contributed by atoms with E-state index in [9.17, 15) is 0 Å². The number of H-pyrrole nitrogens is 1. The zero-order chi connectivity index (χ0) is 8.97. The maximum absolute atomic E-state index is 5.66. The van der Waals surface area contributed by atoms with Crippen molar-refractivity contribution in [2.45, 2.75) is 0 Å². The first-order valence-electron chi connectivity index (χ1n) is 3.73. The van der Waals surface area contributed by atoms with Gasteiger partial charge in [-0.1, -0.05) is 0 Å². The Morgan fingerprint density at radius 2 is 2.25 bits per heavy atom. The Labute approximate surface area is 71.3 Å². The molecule has 0 bridgehead atoms. The lowest BCUT2D eigenvalue weighted by Gasteiger charge is -2.17. The first-order chi connectivity index (χ1) is 5.70. The summed E-state index contributed by atoms with van der Waals surface area (Å²) in [5.74, 6) is 6.25. The van der Waals surface area contributed by atoms with E-state index < -0.39 is 0 Å². The van der Waals surface area contributed by atoms with Gasteiger partial charge in [-0.3, -0.25) is 5.01 Å². The van der Waals surface area contributed by atoms with Crippen molar-refractivity contribution in [1.29, 1.82) is 0 Å². The lowest BCUT2D eigenvalue weighted by molar-refractivity contribution is 0.413. The largest absolute Gasteiger partial charge is 0.313 e. The Balaban J connectivity index is 2.34. The highest BCUT2D eigenvalue weighted by molar-refractivity contribution is 5.23. The number of aromatic nitrogens is 3. The van der Waals surface area contributed by atoms with Crippen LogP contribution in [0.3, 0.4) is 0 Å². The molecule has 0 saturated carbocycles. The van der Waals surface area contributed by atoms with Crippen LogP contribution in [0.25, 0.3) is 0 Å². The van der Waals surface area contributed by atoms with Gasteiger partial charge in [-0.15, -0.1) is 10.2 Å². The second kappa shape index (κ2) is 4.03. The van der Waals surface area contributed by atoms with Gasteiger partial charge in [-0.25, -0.2) is 5.84 Å². The van der Waals surface area contributed by atoms with Crippen molar-refractivity contribution < 1.29 is 0 Å². The van der Waals surface area contributed by atoms with Gasteiger partial charge in [0.05, 0.1) is 0 Å². The summed E-state index contributed by atoms with van der Waals surface area (Å²) in [6, 6.07) is 0. The molecule has 0 atom stereocenters. The molecule has 1 rings (SSSR count). The fourth-order valence-electron chi connectivity index (χ4n) is 0.753. The van der Waals surface area contributed by atoms with Crippen molar-refractivity contribution in [3.63, 3.8) is 0 Å². The summed E-state index contributed by atoms with van der Waals surface area (Å²) in [7, 11) is 3.99. The van der Waals surface area contributed by atoms with E-state index in [1.807, 2.05) is 14.1 Å². The van der Waals surface area contributed by atoms with Crippen molar-refractivity contribution in [1.82, 2.24) is 20.1 Å². The van der Waals surface area contributed by atoms with Gasteiger partial charge in [0.25, 0.3) is 0 Å². The highest BCUT2D eigenvalue weighted by Crippen LogP contribution is 1.96. The summed E-state index contributed by atoms with van der Waals surface area (Å²) in [5.41, 5.74) is 0. The highest BCUT2D eigenvalue weighted by atomic mass is 15.5. The molecule has 6 heteroatoms. The van der Waals surface area contributed by atoms with Gasteiger partial charge in [0, 0.05) is 13.1 Å². The minimum Gasteiger partial charge on any atom is -0.313 e. The average molecular weight is 170 g/mol. The predicted molar refractivity (Wildman–Crippen MR) is 46.5 cm³/mol. The maximum Gasteiger partial charge on any atom is 0.238 e. The number of nitrogens with two attached hydrogens (primary N) is 1. The van der Waals surface area contributed by atoms with Crippen LogP contribution in [0.15, 0.2) is 6.33 Å². The summed E-state index contributed by atoms with van der Waals surface area (Å²) in [4.78, 5) is 4.87. The predicted octanol–water partition coefficient (Wildman–Crippen LogP) is -0.954. The first kappa shape index (κ1) is 8.95. The number of hydrazine groups is 1. The topological polar surface area (TPSA) is 74.1 Å². The van der Waals surface area contributed by atoms with E-state index in [1.165, 1.54) is 11.3 Å². The lowest BCUT2D eigenvalue weighted by Crippen LogP contribution is -2.37. The highest BCUT2D eigenvalue weighted by Gasteiger charge is 2.03. The Bertz CT molecular complexity index is 206. The van der Waals surface area contributed by atoms with Gasteiger partial charge in [0.15, 0.2) is 0 Å². The normalized spacial score (nSPS) is 10.7. The van der Waals surface area contributed by atoms with Gasteiger partial charge < -0.3 is 9.88 Å². The van der Waals surface area contributed by atoms with Crippen LogP contribution >= 0.6 is 0 Å². The zero-order valence-corrected chi connectivity index (χ0v) is 7.36. The smallest absolute Gasteiger partial charge is 0.238 e. The summed E-state index contributed by atoms with van der Waals surface area (Å²) < 4.78 is 0. The van der Waals surface area contributed by atoms with Crippen LogP contribution < -0.4 is 10.9 Å². The van der Waals surface area contributed by atoms with Crippen molar-refractivity contribution in [3.05, 3.63) is 6.33 Å². The van der Waals surface area contributed by atoms with Crippen molar-refractivity contribution in [3.8, 4) is 0 Å². The number of anilines is 1. The monoisotopic (exact) mass is 170 g/mol. The lowest BCUT2D eigenvalue weighted by atomic mass is 10.5. The average Bonchev–Trinajstić information content (AvgIpc) is 2.51. The minimum atomic E-state index is 0.594. The molecule has 1 aromatic heterocycles. The number of likely N-dealkylation sites (N-methyl/N-ethyl adjacent to an activating group) is 1. The molecular weight excluding hydrogens is 156 g/mol.